The van der Waals surface area contributed by atoms with Gasteiger partial charge in [-0.25, -0.2) is 19.2 Å². The van der Waals surface area contributed by atoms with Gasteiger partial charge in [-0.15, -0.1) is 0 Å². The predicted molar refractivity (Wildman–Crippen MR) is 130 cm³/mol. The number of halogens is 1. The van der Waals surface area contributed by atoms with Gasteiger partial charge in [0.1, 0.15) is 16.5 Å². The third-order valence-corrected chi connectivity index (χ3v) is 12.2. The minimum Gasteiger partial charge on any atom is -0.394 e. The first kappa shape index (κ1) is 22.8. The lowest BCUT2D eigenvalue weighted by Gasteiger charge is -2.41. The first-order valence-corrected chi connectivity index (χ1v) is 15.1. The van der Waals surface area contributed by atoms with E-state index in [1.807, 2.05) is 0 Å². The summed E-state index contributed by atoms with van der Waals surface area (Å²) in [7, 11) is -3.71. The van der Waals surface area contributed by atoms with Gasteiger partial charge < -0.3 is 10.4 Å². The van der Waals surface area contributed by atoms with E-state index >= 15 is 0 Å². The van der Waals surface area contributed by atoms with Crippen molar-refractivity contribution in [2.75, 3.05) is 23.4 Å². The van der Waals surface area contributed by atoms with Crippen molar-refractivity contribution < 1.29 is 13.5 Å². The Kier molecular flexibility index (Phi) is 5.47. The minimum absolute atomic E-state index is 0.0130. The van der Waals surface area contributed by atoms with Gasteiger partial charge in [0, 0.05) is 36.2 Å². The molecule has 2 saturated carbocycles. The molecular weight excluding hydrogens is 496 g/mol. The third kappa shape index (κ3) is 3.94. The number of hydrogen-bond acceptors (Lipinski definition) is 9. The van der Waals surface area contributed by atoms with E-state index in [-0.39, 0.29) is 23.2 Å². The Balaban J connectivity index is 1.30. The molecule has 1 atom stereocenters. The molecular formula is C22H27ClN6O3S2. The van der Waals surface area contributed by atoms with Crippen LogP contribution >= 0.6 is 11.6 Å². The van der Waals surface area contributed by atoms with Gasteiger partial charge in [-0.3, -0.25) is 4.21 Å². The zero-order valence-electron chi connectivity index (χ0n) is 18.7. The molecule has 2 aliphatic carbocycles. The van der Waals surface area contributed by atoms with Gasteiger partial charge in [0.15, 0.2) is 0 Å². The van der Waals surface area contributed by atoms with Crippen LogP contribution in [-0.4, -0.2) is 61.9 Å². The van der Waals surface area contributed by atoms with Gasteiger partial charge in [-0.05, 0) is 44.9 Å². The van der Waals surface area contributed by atoms with Crippen molar-refractivity contribution in [2.45, 2.75) is 72.5 Å². The van der Waals surface area contributed by atoms with Crippen LogP contribution in [0.3, 0.4) is 0 Å². The van der Waals surface area contributed by atoms with Crippen LogP contribution in [0.2, 0.25) is 5.02 Å². The zero-order valence-corrected chi connectivity index (χ0v) is 21.1. The van der Waals surface area contributed by atoms with Crippen LogP contribution in [0.15, 0.2) is 21.7 Å². The Morgan fingerprint density at radius 2 is 1.88 bits per heavy atom. The lowest BCUT2D eigenvalue weighted by Crippen LogP contribution is -2.48. The molecule has 34 heavy (non-hydrogen) atoms. The summed E-state index contributed by atoms with van der Waals surface area (Å²) in [6.07, 6.45) is 9.66. The molecule has 0 bridgehead atoms. The predicted octanol–water partition coefficient (Wildman–Crippen LogP) is 3.12. The first-order chi connectivity index (χ1) is 16.3. The molecule has 2 N–H and O–H groups in total. The van der Waals surface area contributed by atoms with Crippen LogP contribution < -0.4 is 5.32 Å². The van der Waals surface area contributed by atoms with Crippen molar-refractivity contribution in [1.29, 1.82) is 0 Å². The van der Waals surface area contributed by atoms with Crippen LogP contribution in [0, 0.1) is 0 Å². The van der Waals surface area contributed by atoms with E-state index in [2.05, 4.69) is 29.6 Å². The Labute approximate surface area is 206 Å². The summed E-state index contributed by atoms with van der Waals surface area (Å²) in [6, 6.07) is 0. The summed E-state index contributed by atoms with van der Waals surface area (Å²) < 4.78 is 31.2. The van der Waals surface area contributed by atoms with E-state index in [0.29, 0.717) is 46.5 Å². The molecule has 4 aliphatic rings. The molecule has 3 fully saturated rings. The van der Waals surface area contributed by atoms with Crippen molar-refractivity contribution >= 4 is 43.9 Å². The van der Waals surface area contributed by atoms with Crippen LogP contribution in [0.5, 0.6) is 0 Å². The van der Waals surface area contributed by atoms with E-state index in [1.165, 1.54) is 0 Å². The van der Waals surface area contributed by atoms with Crippen LogP contribution in [0.4, 0.5) is 11.8 Å². The lowest BCUT2D eigenvalue weighted by molar-refractivity contribution is 0.143. The lowest BCUT2D eigenvalue weighted by atomic mass is 9.77. The standard InChI is InChI=1S/C22H27ClN6O3S2/c23-15-11-24-18(25-12-15)14-2-8-34(32,9-3-14)29-20-26-16-10-22(6-7-22)33(31)17(16)19(27-20)28-21(13-30)4-1-5-21/h11-12,14,30H,1-10,13H2,(H,26,27,28)/t14?,33-,34?/m0/s1. The molecule has 12 heteroatoms. The summed E-state index contributed by atoms with van der Waals surface area (Å²) >= 11 is 5.89. The van der Waals surface area contributed by atoms with Crippen molar-refractivity contribution in [1.82, 2.24) is 19.9 Å². The normalized spacial score (nSPS) is 30.4. The van der Waals surface area contributed by atoms with Crippen molar-refractivity contribution in [3.8, 4) is 0 Å². The number of nitrogens with zero attached hydrogens (tertiary/aromatic N) is 5. The molecule has 0 aromatic carbocycles. The van der Waals surface area contributed by atoms with Gasteiger partial charge in [0.25, 0.3) is 5.95 Å². The van der Waals surface area contributed by atoms with E-state index in [1.54, 1.807) is 12.4 Å². The molecule has 0 amide bonds. The summed E-state index contributed by atoms with van der Waals surface area (Å²) in [6.45, 7) is -0.0130. The molecule has 0 radical (unpaired) electrons. The molecule has 0 unspecified atom stereocenters. The van der Waals surface area contributed by atoms with E-state index in [0.717, 1.165) is 43.6 Å². The second-order valence-electron chi connectivity index (χ2n) is 10.00. The second kappa shape index (κ2) is 8.18. The van der Waals surface area contributed by atoms with E-state index in [9.17, 15) is 13.5 Å². The molecule has 1 spiro atoms. The number of anilines is 1. The number of rotatable bonds is 5. The topological polar surface area (TPSA) is 130 Å². The number of aromatic nitrogens is 4. The maximum atomic E-state index is 13.6. The number of hydrogen-bond donors (Lipinski definition) is 2. The van der Waals surface area contributed by atoms with Crippen molar-refractivity contribution in [3.63, 3.8) is 0 Å². The molecule has 1 saturated heterocycles. The maximum Gasteiger partial charge on any atom is 0.259 e. The molecule has 6 rings (SSSR count). The summed E-state index contributed by atoms with van der Waals surface area (Å²) in [5.41, 5.74) is 0.299. The van der Waals surface area contributed by atoms with Gasteiger partial charge in [-0.2, -0.15) is 9.35 Å². The third-order valence-electron chi connectivity index (χ3n) is 7.62. The van der Waals surface area contributed by atoms with E-state index in [4.69, 9.17) is 11.6 Å². The minimum atomic E-state index is -2.53. The monoisotopic (exact) mass is 522 g/mol. The number of fused-ring (bicyclic) bond motifs is 1. The summed E-state index contributed by atoms with van der Waals surface area (Å²) in [5, 5.41) is 13.8. The highest BCUT2D eigenvalue weighted by atomic mass is 35.5. The smallest absolute Gasteiger partial charge is 0.259 e. The highest BCUT2D eigenvalue weighted by Crippen LogP contribution is 2.54. The molecule has 2 aliphatic heterocycles. The largest absolute Gasteiger partial charge is 0.394 e. The zero-order chi connectivity index (χ0) is 23.6. The quantitative estimate of drug-likeness (QED) is 0.612. The second-order valence-corrected chi connectivity index (χ2v) is 14.8. The molecule has 9 nitrogen and oxygen atoms in total. The van der Waals surface area contributed by atoms with Crippen LogP contribution in [-0.2, 0) is 26.9 Å². The van der Waals surface area contributed by atoms with Crippen molar-refractivity contribution in [2.24, 2.45) is 4.36 Å². The van der Waals surface area contributed by atoms with Gasteiger partial charge in [-0.1, -0.05) is 11.6 Å². The van der Waals surface area contributed by atoms with Crippen LogP contribution in [0.1, 0.15) is 62.4 Å². The Morgan fingerprint density at radius 1 is 1.18 bits per heavy atom. The summed E-state index contributed by atoms with van der Waals surface area (Å²) in [5.74, 6) is 2.37. The van der Waals surface area contributed by atoms with Gasteiger partial charge >= 0.3 is 0 Å². The molecule has 2 aromatic heterocycles. The fraction of sp³-hybridized carbons (Fsp3) is 0.636. The fourth-order valence-electron chi connectivity index (χ4n) is 5.12. The Morgan fingerprint density at radius 3 is 2.47 bits per heavy atom. The fourth-order valence-corrected chi connectivity index (χ4v) is 9.07. The van der Waals surface area contributed by atoms with Gasteiger partial charge in [0.05, 0.1) is 48.1 Å². The number of nitrogens with one attached hydrogen (secondary N) is 1. The van der Waals surface area contributed by atoms with Crippen LogP contribution in [0.25, 0.3) is 0 Å². The average molecular weight is 523 g/mol. The molecule has 182 valence electrons. The Hall–Kier alpha value is -1.69. The SMILES string of the molecule is O=[S@]1c2c(nc(N=S3(=O)CCC(c4ncc(Cl)cn4)CC3)nc2NC2(CO)CCC2)CC12CC2. The maximum absolute atomic E-state index is 13.6. The Bertz CT molecular complexity index is 1270. The highest BCUT2D eigenvalue weighted by Gasteiger charge is 2.56. The number of aliphatic hydroxyl groups is 1. The van der Waals surface area contributed by atoms with E-state index < -0.39 is 26.1 Å². The average Bonchev–Trinajstić information content (AvgIpc) is 3.51. The van der Waals surface area contributed by atoms with Gasteiger partial charge in [0.2, 0.25) is 0 Å². The molecule has 2 aromatic rings. The van der Waals surface area contributed by atoms with Crippen molar-refractivity contribution in [3.05, 3.63) is 28.9 Å². The molecule has 4 heterocycles. The first-order valence-electron chi connectivity index (χ1n) is 11.7. The number of aliphatic hydroxyl groups excluding tert-OH is 1. The highest BCUT2D eigenvalue weighted by molar-refractivity contribution is 7.93. The summed E-state index contributed by atoms with van der Waals surface area (Å²) in [4.78, 5) is 18.5.